The molecule has 0 saturated carbocycles. The van der Waals surface area contributed by atoms with E-state index < -0.39 is 0 Å². The average molecular weight is 276 g/mol. The fourth-order valence-electron chi connectivity index (χ4n) is 2.87. The second-order valence-electron chi connectivity index (χ2n) is 5.27. The van der Waals surface area contributed by atoms with Gasteiger partial charge >= 0.3 is 0 Å². The molecular weight excluding hydrogens is 256 g/mol. The van der Waals surface area contributed by atoms with Gasteiger partial charge in [-0.05, 0) is 38.0 Å². The maximum atomic E-state index is 6.00. The fraction of sp³-hybridized carbons (Fsp3) is 0.571. The van der Waals surface area contributed by atoms with Crippen LogP contribution in [0.5, 0.6) is 0 Å². The highest BCUT2D eigenvalue weighted by atomic mass is 32.2. The first-order valence-corrected chi connectivity index (χ1v) is 7.91. The van der Waals surface area contributed by atoms with E-state index in [1.807, 2.05) is 0 Å². The van der Waals surface area contributed by atoms with Crippen molar-refractivity contribution in [3.63, 3.8) is 0 Å². The number of fused-ring (bicyclic) bond motifs is 1. The van der Waals surface area contributed by atoms with Crippen LogP contribution < -0.4 is 5.73 Å². The van der Waals surface area contributed by atoms with Crippen LogP contribution in [-0.4, -0.2) is 25.5 Å². The summed E-state index contributed by atoms with van der Waals surface area (Å²) in [6, 6.07) is 0. The van der Waals surface area contributed by atoms with Crippen molar-refractivity contribution >= 4 is 28.6 Å². The van der Waals surface area contributed by atoms with Gasteiger partial charge in [0, 0.05) is 17.5 Å². The number of nitrogens with zero attached hydrogens (tertiary/aromatic N) is 3. The number of aryl methyl sites for hydroxylation is 1. The number of hydrogen-bond acceptors (Lipinski definition) is 4. The molecule has 102 valence electrons. The van der Waals surface area contributed by atoms with Crippen LogP contribution in [-0.2, 0) is 6.54 Å². The van der Waals surface area contributed by atoms with Gasteiger partial charge in [-0.25, -0.2) is 9.97 Å². The third-order valence-electron chi connectivity index (χ3n) is 4.10. The van der Waals surface area contributed by atoms with Crippen molar-refractivity contribution in [2.75, 3.05) is 11.5 Å². The molecule has 0 spiro atoms. The summed E-state index contributed by atoms with van der Waals surface area (Å²) in [6.45, 7) is 5.31. The molecule has 4 nitrogen and oxygen atoms in total. The second kappa shape index (κ2) is 5.04. The first-order chi connectivity index (χ1) is 9.18. The van der Waals surface area contributed by atoms with Crippen molar-refractivity contribution in [1.29, 1.82) is 0 Å². The Morgan fingerprint density at radius 3 is 2.95 bits per heavy atom. The van der Waals surface area contributed by atoms with Crippen LogP contribution >= 0.6 is 11.8 Å². The molecular formula is C14H20N4S. The molecule has 0 radical (unpaired) electrons. The summed E-state index contributed by atoms with van der Waals surface area (Å²) in [5.74, 6) is 1.89. The molecule has 2 aromatic heterocycles. The van der Waals surface area contributed by atoms with Gasteiger partial charge in [-0.3, -0.25) is 0 Å². The summed E-state index contributed by atoms with van der Waals surface area (Å²) >= 11 is 2.09. The molecule has 1 aliphatic heterocycles. The second-order valence-corrected chi connectivity index (χ2v) is 6.68. The Kier molecular flexibility index (Phi) is 3.39. The van der Waals surface area contributed by atoms with Crippen molar-refractivity contribution in [1.82, 2.24) is 14.5 Å². The minimum Gasteiger partial charge on any atom is -0.383 e. The van der Waals surface area contributed by atoms with Crippen LogP contribution in [0.1, 0.15) is 30.5 Å². The van der Waals surface area contributed by atoms with E-state index in [-0.39, 0.29) is 0 Å². The van der Waals surface area contributed by atoms with Crippen LogP contribution in [0, 0.1) is 13.8 Å². The summed E-state index contributed by atoms with van der Waals surface area (Å²) in [4.78, 5) is 8.57. The van der Waals surface area contributed by atoms with Crippen molar-refractivity contribution in [2.45, 2.75) is 44.9 Å². The van der Waals surface area contributed by atoms with E-state index in [2.05, 4.69) is 40.1 Å². The molecule has 5 heteroatoms. The highest BCUT2D eigenvalue weighted by Crippen LogP contribution is 2.31. The Labute approximate surface area is 117 Å². The maximum Gasteiger partial charge on any atom is 0.145 e. The maximum absolute atomic E-state index is 6.00. The lowest BCUT2D eigenvalue weighted by Gasteiger charge is -2.22. The highest BCUT2D eigenvalue weighted by Gasteiger charge is 2.20. The summed E-state index contributed by atoms with van der Waals surface area (Å²) in [6.07, 6.45) is 5.59. The summed E-state index contributed by atoms with van der Waals surface area (Å²) < 4.78 is 2.33. The number of thioether (sulfide) groups is 1. The third-order valence-corrected chi connectivity index (χ3v) is 5.48. The van der Waals surface area contributed by atoms with Gasteiger partial charge in [0.15, 0.2) is 0 Å². The normalized spacial score (nSPS) is 20.0. The first kappa shape index (κ1) is 12.8. The van der Waals surface area contributed by atoms with Crippen molar-refractivity contribution in [3.8, 4) is 0 Å². The van der Waals surface area contributed by atoms with E-state index >= 15 is 0 Å². The Morgan fingerprint density at radius 2 is 2.21 bits per heavy atom. The highest BCUT2D eigenvalue weighted by molar-refractivity contribution is 7.99. The monoisotopic (exact) mass is 276 g/mol. The van der Waals surface area contributed by atoms with Crippen molar-refractivity contribution in [2.24, 2.45) is 0 Å². The molecule has 0 aromatic carbocycles. The smallest absolute Gasteiger partial charge is 0.145 e. The number of anilines is 1. The predicted octanol–water partition coefficient (Wildman–Crippen LogP) is 2.92. The Balaban J connectivity index is 2.03. The number of aromatic nitrogens is 3. The molecule has 3 rings (SSSR count). The summed E-state index contributed by atoms with van der Waals surface area (Å²) in [5, 5.41) is 1.74. The lowest BCUT2D eigenvalue weighted by molar-refractivity contribution is 0.584. The summed E-state index contributed by atoms with van der Waals surface area (Å²) in [7, 11) is 0. The van der Waals surface area contributed by atoms with E-state index in [0.717, 1.165) is 17.6 Å². The van der Waals surface area contributed by atoms with Crippen molar-refractivity contribution < 1.29 is 0 Å². The third kappa shape index (κ3) is 2.20. The number of hydrogen-bond donors (Lipinski definition) is 1. The summed E-state index contributed by atoms with van der Waals surface area (Å²) in [5.41, 5.74) is 9.49. The zero-order valence-electron chi connectivity index (χ0n) is 11.5. The number of nitrogen functional groups attached to an aromatic ring is 1. The number of rotatable bonds is 2. The molecule has 3 heterocycles. The lowest BCUT2D eigenvalue weighted by Crippen LogP contribution is -2.18. The minimum absolute atomic E-state index is 0.598. The van der Waals surface area contributed by atoms with Crippen LogP contribution in [0.2, 0.25) is 0 Å². The largest absolute Gasteiger partial charge is 0.383 e. The molecule has 1 unspecified atom stereocenters. The van der Waals surface area contributed by atoms with Gasteiger partial charge in [-0.1, -0.05) is 6.42 Å². The number of nitrogens with two attached hydrogens (primary N) is 1. The van der Waals surface area contributed by atoms with Gasteiger partial charge in [0.2, 0.25) is 0 Å². The molecule has 19 heavy (non-hydrogen) atoms. The van der Waals surface area contributed by atoms with Gasteiger partial charge in [-0.15, -0.1) is 0 Å². The van der Waals surface area contributed by atoms with E-state index in [0.29, 0.717) is 11.1 Å². The molecule has 0 bridgehead atoms. The van der Waals surface area contributed by atoms with Gasteiger partial charge in [-0.2, -0.15) is 11.8 Å². The minimum atomic E-state index is 0.598. The Morgan fingerprint density at radius 1 is 1.37 bits per heavy atom. The molecule has 0 amide bonds. The quantitative estimate of drug-likeness (QED) is 0.916. The molecule has 2 aromatic rings. The topological polar surface area (TPSA) is 56.7 Å². The van der Waals surface area contributed by atoms with E-state index in [1.54, 1.807) is 6.33 Å². The zero-order valence-corrected chi connectivity index (χ0v) is 12.3. The Bertz CT molecular complexity index is 599. The van der Waals surface area contributed by atoms with Gasteiger partial charge in [0.1, 0.15) is 17.8 Å². The van der Waals surface area contributed by atoms with E-state index in [1.165, 1.54) is 36.3 Å². The van der Waals surface area contributed by atoms with Crippen LogP contribution in [0.15, 0.2) is 6.33 Å². The molecule has 1 aliphatic rings. The molecule has 2 N–H and O–H groups in total. The molecule has 1 atom stereocenters. The Hall–Kier alpha value is -1.23. The van der Waals surface area contributed by atoms with Crippen LogP contribution in [0.25, 0.3) is 11.0 Å². The lowest BCUT2D eigenvalue weighted by atomic mass is 10.2. The van der Waals surface area contributed by atoms with Gasteiger partial charge in [0.25, 0.3) is 0 Å². The van der Waals surface area contributed by atoms with E-state index in [9.17, 15) is 0 Å². The molecule has 1 fully saturated rings. The SMILES string of the molecule is Cc1c(C)n(CC2CCCCS2)c2ncnc(N)c12. The van der Waals surface area contributed by atoms with Crippen LogP contribution in [0.4, 0.5) is 5.82 Å². The molecule has 1 saturated heterocycles. The standard InChI is InChI=1S/C14H20N4S/c1-9-10(2)18(7-11-5-3-4-6-19-11)14-12(9)13(15)16-8-17-14/h8,11H,3-7H2,1-2H3,(H2,15,16,17). The zero-order chi connectivity index (χ0) is 13.4. The predicted molar refractivity (Wildman–Crippen MR) is 81.5 cm³/mol. The van der Waals surface area contributed by atoms with Crippen molar-refractivity contribution in [3.05, 3.63) is 17.6 Å². The van der Waals surface area contributed by atoms with Gasteiger partial charge < -0.3 is 10.3 Å². The average Bonchev–Trinajstić information content (AvgIpc) is 2.66. The van der Waals surface area contributed by atoms with Crippen LogP contribution in [0.3, 0.4) is 0 Å². The molecule has 0 aliphatic carbocycles. The van der Waals surface area contributed by atoms with Gasteiger partial charge in [0.05, 0.1) is 5.39 Å². The fourth-order valence-corrected chi connectivity index (χ4v) is 4.17. The first-order valence-electron chi connectivity index (χ1n) is 6.86. The van der Waals surface area contributed by atoms with E-state index in [4.69, 9.17) is 5.73 Å².